The van der Waals surface area contributed by atoms with E-state index in [1.54, 1.807) is 27.8 Å². The van der Waals surface area contributed by atoms with E-state index in [0.717, 1.165) is 22.2 Å². The van der Waals surface area contributed by atoms with Crippen molar-refractivity contribution >= 4 is 22.6 Å². The first-order valence-electron chi connectivity index (χ1n) is 11.5. The van der Waals surface area contributed by atoms with Crippen LogP contribution in [-0.4, -0.2) is 35.7 Å². The summed E-state index contributed by atoms with van der Waals surface area (Å²) in [5, 5.41) is 16.7. The van der Waals surface area contributed by atoms with Gasteiger partial charge in [-0.1, -0.05) is 56.3 Å². The maximum Gasteiger partial charge on any atom is 0.279 e. The molecular weight excluding hydrogens is 438 g/mol. The molecule has 1 amide bonds. The molecule has 0 bridgehead atoms. The van der Waals surface area contributed by atoms with Gasteiger partial charge < -0.3 is 5.32 Å². The Kier molecular flexibility index (Phi) is 5.64. The van der Waals surface area contributed by atoms with E-state index in [2.05, 4.69) is 70.7 Å². The van der Waals surface area contributed by atoms with Crippen molar-refractivity contribution in [2.45, 2.75) is 39.7 Å². The number of pyridine rings is 1. The predicted octanol–water partition coefficient (Wildman–Crippen LogP) is 4.92. The second-order valence-corrected chi connectivity index (χ2v) is 9.59. The van der Waals surface area contributed by atoms with Crippen LogP contribution in [0.5, 0.6) is 0 Å². The smallest absolute Gasteiger partial charge is 0.279 e. The molecule has 0 radical (unpaired) electrons. The van der Waals surface area contributed by atoms with Crippen molar-refractivity contribution in [1.82, 2.24) is 29.8 Å². The van der Waals surface area contributed by atoms with Gasteiger partial charge in [-0.15, -0.1) is 5.10 Å². The van der Waals surface area contributed by atoms with E-state index in [1.165, 1.54) is 5.56 Å². The van der Waals surface area contributed by atoms with Crippen LogP contribution in [-0.2, 0) is 12.0 Å². The summed E-state index contributed by atoms with van der Waals surface area (Å²) in [5.41, 5.74) is 5.10. The van der Waals surface area contributed by atoms with E-state index in [4.69, 9.17) is 0 Å². The van der Waals surface area contributed by atoms with Crippen molar-refractivity contribution in [2.24, 2.45) is 0 Å². The molecule has 5 rings (SSSR count). The van der Waals surface area contributed by atoms with Crippen LogP contribution >= 0.6 is 0 Å². The second-order valence-electron chi connectivity index (χ2n) is 9.59. The first-order chi connectivity index (χ1) is 16.8. The van der Waals surface area contributed by atoms with Crippen LogP contribution in [0.4, 0.5) is 5.82 Å². The number of nitrogens with one attached hydrogen (secondary N) is 1. The molecule has 5 aromatic rings. The van der Waals surface area contributed by atoms with Gasteiger partial charge in [0.25, 0.3) is 5.91 Å². The summed E-state index contributed by atoms with van der Waals surface area (Å²) < 4.78 is 3.43. The third kappa shape index (κ3) is 4.55. The van der Waals surface area contributed by atoms with Crippen molar-refractivity contribution in [3.05, 3.63) is 95.6 Å². The van der Waals surface area contributed by atoms with Gasteiger partial charge in [0.15, 0.2) is 5.69 Å². The van der Waals surface area contributed by atoms with Crippen molar-refractivity contribution in [1.29, 1.82) is 0 Å². The highest BCUT2D eigenvalue weighted by atomic mass is 16.2. The van der Waals surface area contributed by atoms with E-state index in [-0.39, 0.29) is 17.0 Å². The molecule has 1 N–H and O–H groups in total. The number of amides is 1. The SMILES string of the molecule is Cc1c(C(=O)Nc2ccnn2Cc2ccc(C(C)(C)C)cc2)nnn1-c1ccc2ncccc2c1. The Balaban J connectivity index is 1.34. The second kappa shape index (κ2) is 8.79. The molecule has 8 nitrogen and oxygen atoms in total. The number of carbonyl (C=O) groups is 1. The van der Waals surface area contributed by atoms with Gasteiger partial charge in [0, 0.05) is 17.6 Å². The fourth-order valence-corrected chi connectivity index (χ4v) is 4.00. The Morgan fingerprint density at radius 2 is 1.80 bits per heavy atom. The van der Waals surface area contributed by atoms with Gasteiger partial charge in [-0.3, -0.25) is 9.78 Å². The highest BCUT2D eigenvalue weighted by Crippen LogP contribution is 2.23. The van der Waals surface area contributed by atoms with E-state index < -0.39 is 0 Å². The standard InChI is InChI=1S/C27H27N7O/c1-18-25(31-32-34(18)22-11-12-23-20(16-22)6-5-14-28-23)26(35)30-24-13-15-29-33(24)17-19-7-9-21(10-8-19)27(2,3)4/h5-16H,17H2,1-4H3,(H,30,35). The van der Waals surface area contributed by atoms with Gasteiger partial charge in [0.1, 0.15) is 5.82 Å². The number of hydrogen-bond acceptors (Lipinski definition) is 5. The Bertz CT molecular complexity index is 1510. The summed E-state index contributed by atoms with van der Waals surface area (Å²) in [6.45, 7) is 8.95. The molecule has 0 unspecified atom stereocenters. The lowest BCUT2D eigenvalue weighted by Gasteiger charge is -2.19. The topological polar surface area (TPSA) is 90.5 Å². The maximum atomic E-state index is 13.1. The number of hydrogen-bond donors (Lipinski definition) is 1. The van der Waals surface area contributed by atoms with Gasteiger partial charge in [-0.2, -0.15) is 5.10 Å². The fraction of sp³-hybridized carbons (Fsp3) is 0.222. The number of carbonyl (C=O) groups excluding carboxylic acids is 1. The predicted molar refractivity (Wildman–Crippen MR) is 136 cm³/mol. The third-order valence-corrected chi connectivity index (χ3v) is 6.05. The maximum absolute atomic E-state index is 13.1. The number of fused-ring (bicyclic) bond motifs is 1. The first-order valence-corrected chi connectivity index (χ1v) is 11.5. The number of nitrogens with zero attached hydrogens (tertiary/aromatic N) is 6. The molecular formula is C27H27N7O. The zero-order chi connectivity index (χ0) is 24.6. The lowest BCUT2D eigenvalue weighted by atomic mass is 9.87. The van der Waals surface area contributed by atoms with Crippen molar-refractivity contribution in [2.75, 3.05) is 5.32 Å². The average Bonchev–Trinajstić information content (AvgIpc) is 3.44. The summed E-state index contributed by atoms with van der Waals surface area (Å²) in [7, 11) is 0. The molecule has 0 saturated carbocycles. The summed E-state index contributed by atoms with van der Waals surface area (Å²) in [6.07, 6.45) is 3.43. The van der Waals surface area contributed by atoms with Gasteiger partial charge in [-0.25, -0.2) is 9.36 Å². The summed E-state index contributed by atoms with van der Waals surface area (Å²) >= 11 is 0. The van der Waals surface area contributed by atoms with E-state index in [0.29, 0.717) is 18.1 Å². The summed E-state index contributed by atoms with van der Waals surface area (Å²) in [6, 6.07) is 20.0. The van der Waals surface area contributed by atoms with Crippen molar-refractivity contribution in [3.8, 4) is 5.69 Å². The third-order valence-electron chi connectivity index (χ3n) is 6.05. The quantitative estimate of drug-likeness (QED) is 0.398. The minimum atomic E-state index is -0.332. The minimum absolute atomic E-state index is 0.0996. The van der Waals surface area contributed by atoms with Crippen LogP contribution < -0.4 is 5.32 Å². The number of benzene rings is 2. The Morgan fingerprint density at radius 3 is 2.57 bits per heavy atom. The monoisotopic (exact) mass is 465 g/mol. The molecule has 0 spiro atoms. The lowest BCUT2D eigenvalue weighted by molar-refractivity contribution is 0.102. The molecule has 8 heteroatoms. The zero-order valence-corrected chi connectivity index (χ0v) is 20.2. The van der Waals surface area contributed by atoms with Gasteiger partial charge in [0.05, 0.1) is 29.6 Å². The molecule has 3 heterocycles. The van der Waals surface area contributed by atoms with E-state index in [1.807, 2.05) is 37.3 Å². The molecule has 0 aliphatic carbocycles. The molecule has 3 aromatic heterocycles. The highest BCUT2D eigenvalue weighted by Gasteiger charge is 2.19. The Labute approximate surface area is 203 Å². The number of anilines is 1. The molecule has 0 saturated heterocycles. The molecule has 0 fully saturated rings. The van der Waals surface area contributed by atoms with Crippen LogP contribution in [0.1, 0.15) is 48.1 Å². The Hall–Kier alpha value is -4.33. The minimum Gasteiger partial charge on any atom is -0.305 e. The van der Waals surface area contributed by atoms with Crippen LogP contribution in [0, 0.1) is 6.92 Å². The average molecular weight is 466 g/mol. The van der Waals surface area contributed by atoms with Gasteiger partial charge in [0.2, 0.25) is 0 Å². The van der Waals surface area contributed by atoms with Crippen molar-refractivity contribution in [3.63, 3.8) is 0 Å². The molecule has 0 atom stereocenters. The van der Waals surface area contributed by atoms with Crippen LogP contribution in [0.15, 0.2) is 73.1 Å². The van der Waals surface area contributed by atoms with Gasteiger partial charge in [-0.05, 0) is 47.7 Å². The Morgan fingerprint density at radius 1 is 1.00 bits per heavy atom. The van der Waals surface area contributed by atoms with Crippen LogP contribution in [0.3, 0.4) is 0 Å². The number of aromatic nitrogens is 6. The molecule has 176 valence electrons. The zero-order valence-electron chi connectivity index (χ0n) is 20.2. The normalized spacial score (nSPS) is 11.7. The first kappa shape index (κ1) is 22.5. The van der Waals surface area contributed by atoms with Gasteiger partial charge >= 0.3 is 0 Å². The molecule has 2 aromatic carbocycles. The highest BCUT2D eigenvalue weighted by molar-refractivity contribution is 6.03. The fourth-order valence-electron chi connectivity index (χ4n) is 4.00. The summed E-state index contributed by atoms with van der Waals surface area (Å²) in [5.74, 6) is 0.265. The van der Waals surface area contributed by atoms with E-state index >= 15 is 0 Å². The number of rotatable bonds is 5. The molecule has 0 aliphatic rings. The van der Waals surface area contributed by atoms with Crippen LogP contribution in [0.25, 0.3) is 16.6 Å². The van der Waals surface area contributed by atoms with E-state index in [9.17, 15) is 4.79 Å². The van der Waals surface area contributed by atoms with Crippen LogP contribution in [0.2, 0.25) is 0 Å². The lowest BCUT2D eigenvalue weighted by Crippen LogP contribution is -2.18. The largest absolute Gasteiger partial charge is 0.305 e. The molecule has 35 heavy (non-hydrogen) atoms. The molecule has 0 aliphatic heterocycles. The summed E-state index contributed by atoms with van der Waals surface area (Å²) in [4.78, 5) is 17.4. The van der Waals surface area contributed by atoms with Crippen molar-refractivity contribution < 1.29 is 4.79 Å².